The topological polar surface area (TPSA) is 50.4 Å². The summed E-state index contributed by atoms with van der Waals surface area (Å²) in [6.07, 6.45) is 5.49. The van der Waals surface area contributed by atoms with Crippen LogP contribution in [-0.2, 0) is 24.2 Å². The first-order valence-electron chi connectivity index (χ1n) is 11.5. The number of aryl methyl sites for hydroxylation is 2. The number of ether oxygens (including phenoxy) is 1. The van der Waals surface area contributed by atoms with Gasteiger partial charge in [-0.05, 0) is 72.4 Å². The van der Waals surface area contributed by atoms with E-state index in [-0.39, 0.29) is 11.4 Å². The number of nitrogens with one attached hydrogen (secondary N) is 2. The lowest BCUT2D eigenvalue weighted by Crippen LogP contribution is -2.30. The standard InChI is InChI=1S/C29H30N2O2S/c1-4-6-24-17-23(13-16-26(24)33-19-22-9-7-20(3)8-10-22)18-27-28(32)31-29(34-27)30-25-14-11-21(5-2)12-15-25/h4,7-18,29-30H,1,5-6,19H2,2-3H3,(H,31,32)/b27-18-/t29-/m1/s1. The van der Waals surface area contributed by atoms with Gasteiger partial charge >= 0.3 is 0 Å². The Morgan fingerprint density at radius 1 is 1.06 bits per heavy atom. The maximum absolute atomic E-state index is 12.6. The summed E-state index contributed by atoms with van der Waals surface area (Å²) in [4.78, 5) is 13.2. The summed E-state index contributed by atoms with van der Waals surface area (Å²) in [5, 5.41) is 6.37. The molecule has 2 N–H and O–H groups in total. The van der Waals surface area contributed by atoms with Crippen LogP contribution in [0.25, 0.3) is 6.08 Å². The summed E-state index contributed by atoms with van der Waals surface area (Å²) in [6, 6.07) is 22.7. The van der Waals surface area contributed by atoms with Crippen molar-refractivity contribution in [1.29, 1.82) is 0 Å². The normalized spacial score (nSPS) is 16.4. The van der Waals surface area contributed by atoms with Crippen LogP contribution in [0.3, 0.4) is 0 Å². The molecule has 0 unspecified atom stereocenters. The van der Waals surface area contributed by atoms with Gasteiger partial charge in [-0.15, -0.1) is 6.58 Å². The lowest BCUT2D eigenvalue weighted by Gasteiger charge is -2.13. The molecule has 1 aliphatic rings. The first-order chi connectivity index (χ1) is 16.5. The molecule has 5 heteroatoms. The Morgan fingerprint density at radius 2 is 1.79 bits per heavy atom. The lowest BCUT2D eigenvalue weighted by molar-refractivity contribution is -0.116. The number of hydrogen-bond acceptors (Lipinski definition) is 4. The van der Waals surface area contributed by atoms with Crippen LogP contribution in [0, 0.1) is 6.92 Å². The highest BCUT2D eigenvalue weighted by Gasteiger charge is 2.27. The Labute approximate surface area is 206 Å². The molecular weight excluding hydrogens is 440 g/mol. The van der Waals surface area contributed by atoms with E-state index in [0.29, 0.717) is 17.9 Å². The number of thioether (sulfide) groups is 1. The molecule has 3 aromatic carbocycles. The molecule has 1 fully saturated rings. The SMILES string of the molecule is C=CCc1cc(/C=C2\S[C@H](Nc3ccc(CC)cc3)NC2=O)ccc1OCc1ccc(C)cc1. The van der Waals surface area contributed by atoms with Crippen LogP contribution in [0.1, 0.15) is 34.7 Å². The van der Waals surface area contributed by atoms with Crippen molar-refractivity contribution < 1.29 is 9.53 Å². The van der Waals surface area contributed by atoms with Gasteiger partial charge in [0.25, 0.3) is 5.91 Å². The highest BCUT2D eigenvalue weighted by molar-refractivity contribution is 8.05. The zero-order valence-corrected chi connectivity index (χ0v) is 20.5. The van der Waals surface area contributed by atoms with E-state index in [1.165, 1.54) is 22.9 Å². The van der Waals surface area contributed by atoms with Gasteiger partial charge in [-0.1, -0.05) is 72.8 Å². The van der Waals surface area contributed by atoms with E-state index in [0.717, 1.165) is 34.5 Å². The van der Waals surface area contributed by atoms with Gasteiger partial charge < -0.3 is 15.4 Å². The van der Waals surface area contributed by atoms with Crippen LogP contribution >= 0.6 is 11.8 Å². The second-order valence-electron chi connectivity index (χ2n) is 8.31. The third-order valence-electron chi connectivity index (χ3n) is 5.65. The van der Waals surface area contributed by atoms with E-state index >= 15 is 0 Å². The number of allylic oxidation sites excluding steroid dienone is 1. The van der Waals surface area contributed by atoms with Gasteiger partial charge in [0.1, 0.15) is 12.4 Å². The monoisotopic (exact) mass is 470 g/mol. The van der Waals surface area contributed by atoms with E-state index < -0.39 is 0 Å². The molecule has 0 spiro atoms. The number of carbonyl (C=O) groups excluding carboxylic acids is 1. The molecule has 0 radical (unpaired) electrons. The Balaban J connectivity index is 1.44. The van der Waals surface area contributed by atoms with Gasteiger partial charge in [0.05, 0.1) is 4.91 Å². The summed E-state index contributed by atoms with van der Waals surface area (Å²) in [6.45, 7) is 8.60. The quantitative estimate of drug-likeness (QED) is 0.278. The van der Waals surface area contributed by atoms with Gasteiger partial charge in [-0.3, -0.25) is 4.79 Å². The number of hydrogen-bond donors (Lipinski definition) is 2. The van der Waals surface area contributed by atoms with Crippen molar-refractivity contribution in [2.75, 3.05) is 5.32 Å². The smallest absolute Gasteiger partial charge is 0.260 e. The zero-order valence-electron chi connectivity index (χ0n) is 19.6. The summed E-state index contributed by atoms with van der Waals surface area (Å²) < 4.78 is 6.10. The summed E-state index contributed by atoms with van der Waals surface area (Å²) >= 11 is 1.49. The molecule has 1 amide bonds. The molecule has 1 aliphatic heterocycles. The van der Waals surface area contributed by atoms with Crippen LogP contribution < -0.4 is 15.4 Å². The predicted octanol–water partition coefficient (Wildman–Crippen LogP) is 6.46. The Hall–Kier alpha value is -3.44. The van der Waals surface area contributed by atoms with Crippen molar-refractivity contribution in [1.82, 2.24) is 5.32 Å². The zero-order chi connectivity index (χ0) is 23.9. The molecule has 0 aromatic heterocycles. The van der Waals surface area contributed by atoms with E-state index in [1.807, 2.05) is 36.4 Å². The average molecular weight is 471 g/mol. The molecule has 174 valence electrons. The van der Waals surface area contributed by atoms with Crippen molar-refractivity contribution in [2.24, 2.45) is 0 Å². The minimum Gasteiger partial charge on any atom is -0.489 e. The third-order valence-corrected chi connectivity index (χ3v) is 6.68. The molecule has 4 rings (SSSR count). The van der Waals surface area contributed by atoms with Crippen LogP contribution in [0.4, 0.5) is 5.69 Å². The second kappa shape index (κ2) is 11.1. The van der Waals surface area contributed by atoms with Crippen LogP contribution in [-0.4, -0.2) is 11.4 Å². The van der Waals surface area contributed by atoms with Crippen molar-refractivity contribution in [2.45, 2.75) is 38.8 Å². The fourth-order valence-corrected chi connectivity index (χ4v) is 4.68. The Kier molecular flexibility index (Phi) is 7.76. The predicted molar refractivity (Wildman–Crippen MR) is 143 cm³/mol. The van der Waals surface area contributed by atoms with Crippen molar-refractivity contribution >= 4 is 29.4 Å². The molecule has 1 atom stereocenters. The van der Waals surface area contributed by atoms with Gasteiger partial charge in [0, 0.05) is 5.69 Å². The van der Waals surface area contributed by atoms with Gasteiger partial charge in [0.15, 0.2) is 5.50 Å². The van der Waals surface area contributed by atoms with Crippen molar-refractivity contribution in [3.63, 3.8) is 0 Å². The number of carbonyl (C=O) groups is 1. The van der Waals surface area contributed by atoms with E-state index in [1.54, 1.807) is 0 Å². The summed E-state index contributed by atoms with van der Waals surface area (Å²) in [7, 11) is 0. The van der Waals surface area contributed by atoms with E-state index in [9.17, 15) is 4.79 Å². The fourth-order valence-electron chi connectivity index (χ4n) is 3.70. The van der Waals surface area contributed by atoms with Crippen LogP contribution in [0.5, 0.6) is 5.75 Å². The van der Waals surface area contributed by atoms with E-state index in [2.05, 4.69) is 73.5 Å². The van der Waals surface area contributed by atoms with Gasteiger partial charge in [0.2, 0.25) is 0 Å². The molecule has 1 heterocycles. The average Bonchev–Trinajstić information content (AvgIpc) is 3.18. The third kappa shape index (κ3) is 6.12. The fraction of sp³-hybridized carbons (Fsp3) is 0.207. The molecule has 0 saturated carbocycles. The van der Waals surface area contributed by atoms with Crippen LogP contribution in [0.2, 0.25) is 0 Å². The molecular formula is C29H30N2O2S. The lowest BCUT2D eigenvalue weighted by atomic mass is 10.1. The molecule has 4 nitrogen and oxygen atoms in total. The number of rotatable bonds is 9. The minimum absolute atomic E-state index is 0.0716. The highest BCUT2D eigenvalue weighted by atomic mass is 32.2. The maximum Gasteiger partial charge on any atom is 0.260 e. The first kappa shape index (κ1) is 23.7. The molecule has 1 saturated heterocycles. The van der Waals surface area contributed by atoms with Gasteiger partial charge in [-0.25, -0.2) is 0 Å². The Bertz CT molecular complexity index is 1180. The maximum atomic E-state index is 12.6. The molecule has 0 bridgehead atoms. The second-order valence-corrected chi connectivity index (χ2v) is 9.46. The van der Waals surface area contributed by atoms with Crippen molar-refractivity contribution in [3.05, 3.63) is 112 Å². The highest BCUT2D eigenvalue weighted by Crippen LogP contribution is 2.31. The number of benzene rings is 3. The van der Waals surface area contributed by atoms with Crippen molar-refractivity contribution in [3.8, 4) is 5.75 Å². The molecule has 3 aromatic rings. The number of anilines is 1. The first-order valence-corrected chi connectivity index (χ1v) is 12.4. The Morgan fingerprint density at radius 3 is 2.50 bits per heavy atom. The molecule has 0 aliphatic carbocycles. The van der Waals surface area contributed by atoms with E-state index in [4.69, 9.17) is 4.74 Å². The minimum atomic E-state index is -0.198. The van der Waals surface area contributed by atoms with Crippen LogP contribution in [0.15, 0.2) is 84.3 Å². The largest absolute Gasteiger partial charge is 0.489 e. The summed E-state index contributed by atoms with van der Waals surface area (Å²) in [5.74, 6) is 0.763. The molecule has 34 heavy (non-hydrogen) atoms. The summed E-state index contributed by atoms with van der Waals surface area (Å²) in [5.41, 5.74) is 6.44. The van der Waals surface area contributed by atoms with Gasteiger partial charge in [-0.2, -0.15) is 0 Å². The number of amides is 1.